The first-order valence-electron chi connectivity index (χ1n) is 4.51. The van der Waals surface area contributed by atoms with Crippen LogP contribution in [0.1, 0.15) is 11.5 Å². The van der Waals surface area contributed by atoms with E-state index in [0.29, 0.717) is 12.2 Å². The number of anilines is 1. The lowest BCUT2D eigenvalue weighted by atomic mass is 10.3. The third kappa shape index (κ3) is 2.35. The minimum absolute atomic E-state index is 0.415. The maximum atomic E-state index is 8.56. The Balaban J connectivity index is 1.97. The number of nitrogens with zero attached hydrogens (tertiary/aromatic N) is 2. The fraction of sp³-hybridized carbons (Fsp3) is 0.0909. The quantitative estimate of drug-likeness (QED) is 0.822. The molecule has 0 atom stereocenters. The Labute approximate surface area is 87.2 Å². The molecule has 0 unspecified atom stereocenters. The second kappa shape index (κ2) is 4.29. The summed E-state index contributed by atoms with van der Waals surface area (Å²) in [4.78, 5) is 3.94. The van der Waals surface area contributed by atoms with Crippen molar-refractivity contribution in [3.63, 3.8) is 0 Å². The summed E-state index contributed by atoms with van der Waals surface area (Å²) in [7, 11) is 0. The molecule has 2 aromatic rings. The Kier molecular flexibility index (Phi) is 2.65. The minimum atomic E-state index is 0.415. The van der Waals surface area contributed by atoms with Crippen molar-refractivity contribution in [3.05, 3.63) is 48.2 Å². The molecule has 1 N–H and O–H groups in total. The fourth-order valence-corrected chi connectivity index (χ4v) is 1.17. The van der Waals surface area contributed by atoms with Gasteiger partial charge in [-0.25, -0.2) is 4.98 Å². The number of rotatable bonds is 3. The van der Waals surface area contributed by atoms with E-state index in [9.17, 15) is 0 Å². The van der Waals surface area contributed by atoms with Crippen molar-refractivity contribution in [1.82, 2.24) is 4.98 Å². The Bertz CT molecular complexity index is 454. The molecule has 0 fully saturated rings. The summed E-state index contributed by atoms with van der Waals surface area (Å²) < 4.78 is 5.16. The Morgan fingerprint density at radius 2 is 2.33 bits per heavy atom. The van der Waals surface area contributed by atoms with Gasteiger partial charge in [-0.2, -0.15) is 5.26 Å². The normalized spacial score (nSPS) is 9.53. The van der Waals surface area contributed by atoms with Crippen LogP contribution in [0.4, 0.5) is 5.69 Å². The summed E-state index contributed by atoms with van der Waals surface area (Å²) in [5.41, 5.74) is 1.28. The molecule has 0 saturated carbocycles. The fourth-order valence-electron chi connectivity index (χ4n) is 1.17. The zero-order chi connectivity index (χ0) is 10.5. The maximum Gasteiger partial charge on any atom is 0.140 e. The van der Waals surface area contributed by atoms with Gasteiger partial charge in [-0.3, -0.25) is 0 Å². The molecule has 0 bridgehead atoms. The van der Waals surface area contributed by atoms with Crippen LogP contribution in [0.2, 0.25) is 0 Å². The second-order valence-corrected chi connectivity index (χ2v) is 2.98. The van der Waals surface area contributed by atoms with Gasteiger partial charge >= 0.3 is 0 Å². The van der Waals surface area contributed by atoms with E-state index in [4.69, 9.17) is 9.68 Å². The highest BCUT2D eigenvalue weighted by Gasteiger charge is 1.96. The average molecular weight is 199 g/mol. The summed E-state index contributed by atoms with van der Waals surface area (Å²) in [6.45, 7) is 0.612. The molecular formula is C11H9N3O. The van der Waals surface area contributed by atoms with Crippen LogP contribution in [0.25, 0.3) is 0 Å². The molecule has 4 nitrogen and oxygen atoms in total. The van der Waals surface area contributed by atoms with Crippen LogP contribution < -0.4 is 5.32 Å². The van der Waals surface area contributed by atoms with Gasteiger partial charge in [-0.15, -0.1) is 0 Å². The van der Waals surface area contributed by atoms with Crippen LogP contribution >= 0.6 is 0 Å². The first-order chi connectivity index (χ1) is 7.38. The molecule has 4 heteroatoms. The van der Waals surface area contributed by atoms with Crippen LogP contribution in [0.15, 0.2) is 41.1 Å². The van der Waals surface area contributed by atoms with Gasteiger partial charge in [0.1, 0.15) is 17.5 Å². The monoisotopic (exact) mass is 199 g/mol. The smallest absolute Gasteiger partial charge is 0.140 e. The summed E-state index contributed by atoms with van der Waals surface area (Å²) in [6.07, 6.45) is 3.26. The lowest BCUT2D eigenvalue weighted by Gasteiger charge is -2.02. The predicted molar refractivity (Wildman–Crippen MR) is 55.0 cm³/mol. The number of pyridine rings is 1. The standard InChI is InChI=1S/C11H9N3O/c12-6-9-3-4-10(7-13-9)14-8-11-2-1-5-15-11/h1-5,7,14H,8H2. The Morgan fingerprint density at radius 1 is 1.40 bits per heavy atom. The lowest BCUT2D eigenvalue weighted by molar-refractivity contribution is 0.518. The highest BCUT2D eigenvalue weighted by atomic mass is 16.3. The van der Waals surface area contributed by atoms with Gasteiger partial charge in [0.25, 0.3) is 0 Å². The van der Waals surface area contributed by atoms with E-state index in [1.807, 2.05) is 24.3 Å². The van der Waals surface area contributed by atoms with Crippen LogP contribution in [0.3, 0.4) is 0 Å². The molecule has 0 aliphatic carbocycles. The van der Waals surface area contributed by atoms with E-state index < -0.39 is 0 Å². The van der Waals surface area contributed by atoms with Crippen molar-refractivity contribution in [2.45, 2.75) is 6.54 Å². The first-order valence-corrected chi connectivity index (χ1v) is 4.51. The molecule has 2 heterocycles. The van der Waals surface area contributed by atoms with E-state index >= 15 is 0 Å². The SMILES string of the molecule is N#Cc1ccc(NCc2ccco2)cn1. The van der Waals surface area contributed by atoms with E-state index in [2.05, 4.69) is 10.3 Å². The van der Waals surface area contributed by atoms with E-state index in [-0.39, 0.29) is 0 Å². The van der Waals surface area contributed by atoms with Crippen molar-refractivity contribution in [3.8, 4) is 6.07 Å². The molecule has 74 valence electrons. The van der Waals surface area contributed by atoms with Crippen LogP contribution in [-0.2, 0) is 6.54 Å². The van der Waals surface area contributed by atoms with Crippen molar-refractivity contribution < 1.29 is 4.42 Å². The number of furan rings is 1. The first kappa shape index (κ1) is 9.28. The predicted octanol–water partition coefficient (Wildman–Crippen LogP) is 2.16. The maximum absolute atomic E-state index is 8.56. The number of nitriles is 1. The van der Waals surface area contributed by atoms with E-state index in [1.165, 1.54) is 0 Å². The zero-order valence-corrected chi connectivity index (χ0v) is 7.97. The van der Waals surface area contributed by atoms with Gasteiger partial charge in [0.05, 0.1) is 24.7 Å². The molecule has 2 aromatic heterocycles. The molecule has 0 aromatic carbocycles. The molecular weight excluding hydrogens is 190 g/mol. The zero-order valence-electron chi connectivity index (χ0n) is 7.97. The molecule has 0 saturated heterocycles. The number of hydrogen-bond donors (Lipinski definition) is 1. The van der Waals surface area contributed by atoms with Crippen molar-refractivity contribution in [2.75, 3.05) is 5.32 Å². The number of nitrogens with one attached hydrogen (secondary N) is 1. The number of aromatic nitrogens is 1. The van der Waals surface area contributed by atoms with Crippen LogP contribution in [0, 0.1) is 11.3 Å². The topological polar surface area (TPSA) is 61.9 Å². The van der Waals surface area contributed by atoms with Gasteiger partial charge in [0.2, 0.25) is 0 Å². The van der Waals surface area contributed by atoms with E-state index in [0.717, 1.165) is 11.4 Å². The van der Waals surface area contributed by atoms with Crippen molar-refractivity contribution in [2.24, 2.45) is 0 Å². The van der Waals surface area contributed by atoms with Crippen molar-refractivity contribution >= 4 is 5.69 Å². The summed E-state index contributed by atoms with van der Waals surface area (Å²) in [5.74, 6) is 0.861. The third-order valence-electron chi connectivity index (χ3n) is 1.92. The highest BCUT2D eigenvalue weighted by Crippen LogP contribution is 2.08. The summed E-state index contributed by atoms with van der Waals surface area (Å²) in [5, 5.41) is 11.7. The molecule has 0 spiro atoms. The molecule has 0 amide bonds. The Hall–Kier alpha value is -2.28. The molecule has 0 radical (unpaired) electrons. The molecule has 0 aliphatic rings. The second-order valence-electron chi connectivity index (χ2n) is 2.98. The van der Waals surface area contributed by atoms with Gasteiger partial charge in [0.15, 0.2) is 0 Å². The van der Waals surface area contributed by atoms with Gasteiger partial charge in [0, 0.05) is 0 Å². The summed E-state index contributed by atoms with van der Waals surface area (Å²) >= 11 is 0. The van der Waals surface area contributed by atoms with Crippen molar-refractivity contribution in [1.29, 1.82) is 5.26 Å². The number of hydrogen-bond acceptors (Lipinski definition) is 4. The van der Waals surface area contributed by atoms with Gasteiger partial charge < -0.3 is 9.73 Å². The molecule has 15 heavy (non-hydrogen) atoms. The highest BCUT2D eigenvalue weighted by molar-refractivity contribution is 5.42. The van der Waals surface area contributed by atoms with E-state index in [1.54, 1.807) is 18.5 Å². The minimum Gasteiger partial charge on any atom is -0.467 e. The van der Waals surface area contributed by atoms with Crippen LogP contribution in [-0.4, -0.2) is 4.98 Å². The lowest BCUT2D eigenvalue weighted by Crippen LogP contribution is -1.98. The third-order valence-corrected chi connectivity index (χ3v) is 1.92. The average Bonchev–Trinajstić information content (AvgIpc) is 2.80. The largest absolute Gasteiger partial charge is 0.467 e. The van der Waals surface area contributed by atoms with Gasteiger partial charge in [-0.05, 0) is 24.3 Å². The molecule has 2 rings (SSSR count). The Morgan fingerprint density at radius 3 is 2.93 bits per heavy atom. The summed E-state index contributed by atoms with van der Waals surface area (Å²) in [6, 6.07) is 9.19. The van der Waals surface area contributed by atoms with Crippen LogP contribution in [0.5, 0.6) is 0 Å². The van der Waals surface area contributed by atoms with Gasteiger partial charge in [-0.1, -0.05) is 0 Å². The molecule has 0 aliphatic heterocycles.